The lowest BCUT2D eigenvalue weighted by atomic mass is 9.99. The zero-order chi connectivity index (χ0) is 21.6. The van der Waals surface area contributed by atoms with Gasteiger partial charge >= 0.3 is 6.18 Å². The number of nitrogens with zero attached hydrogens (tertiary/aromatic N) is 3. The minimum atomic E-state index is -4.53. The third kappa shape index (κ3) is 4.16. The highest BCUT2D eigenvalue weighted by atomic mass is 127. The fraction of sp³-hybridized carbons (Fsp3) is 0.300. The Balaban J connectivity index is 1.65. The predicted octanol–water partition coefficient (Wildman–Crippen LogP) is 4.09. The van der Waals surface area contributed by atoms with Crippen LogP contribution in [0.25, 0.3) is 0 Å². The Bertz CT molecular complexity index is 1060. The summed E-state index contributed by atoms with van der Waals surface area (Å²) in [5.41, 5.74) is 2.31. The minimum Gasteiger partial charge on any atom is -0.322 e. The highest BCUT2D eigenvalue weighted by Gasteiger charge is 2.36. The lowest BCUT2D eigenvalue weighted by molar-refractivity contribution is -0.137. The van der Waals surface area contributed by atoms with E-state index in [0.717, 1.165) is 45.9 Å². The third-order valence-electron chi connectivity index (χ3n) is 5.06. The fourth-order valence-electron chi connectivity index (χ4n) is 3.51. The van der Waals surface area contributed by atoms with Crippen LogP contribution in [0, 0.1) is 3.57 Å². The van der Waals surface area contributed by atoms with E-state index in [9.17, 15) is 18.0 Å². The number of alkyl halides is 3. The van der Waals surface area contributed by atoms with Crippen LogP contribution in [0.2, 0.25) is 0 Å². The van der Waals surface area contributed by atoms with E-state index in [-0.39, 0.29) is 17.0 Å². The quantitative estimate of drug-likeness (QED) is 0.606. The Morgan fingerprint density at radius 1 is 1.27 bits per heavy atom. The van der Waals surface area contributed by atoms with Crippen LogP contribution in [0.1, 0.15) is 32.6 Å². The van der Waals surface area contributed by atoms with Gasteiger partial charge in [-0.2, -0.15) is 13.2 Å². The maximum absolute atomic E-state index is 13.2. The van der Waals surface area contributed by atoms with Crippen LogP contribution >= 0.6 is 22.6 Å². The summed E-state index contributed by atoms with van der Waals surface area (Å²) in [4.78, 5) is 20.0. The molecule has 6 nitrogen and oxygen atoms in total. The van der Waals surface area contributed by atoms with Crippen molar-refractivity contribution in [2.75, 3.05) is 26.0 Å². The molecule has 1 amide bonds. The van der Waals surface area contributed by atoms with Crippen molar-refractivity contribution in [1.29, 1.82) is 0 Å². The smallest absolute Gasteiger partial charge is 0.322 e. The highest BCUT2D eigenvalue weighted by molar-refractivity contribution is 14.1. The molecular weight excluding hydrogens is 512 g/mol. The number of hydrogen-bond acceptors (Lipinski definition) is 5. The van der Waals surface area contributed by atoms with Gasteiger partial charge in [0.05, 0.1) is 18.2 Å². The summed E-state index contributed by atoms with van der Waals surface area (Å²) in [6.07, 6.45) is -3.59. The molecule has 2 aromatic carbocycles. The Morgan fingerprint density at radius 3 is 2.70 bits per heavy atom. The van der Waals surface area contributed by atoms with E-state index in [4.69, 9.17) is 4.84 Å². The second-order valence-corrected chi connectivity index (χ2v) is 8.34. The van der Waals surface area contributed by atoms with Crippen LogP contribution < -0.4 is 5.32 Å². The number of carbonyl (C=O) groups is 1. The van der Waals surface area contributed by atoms with Crippen LogP contribution in [0.3, 0.4) is 0 Å². The number of nitrogens with one attached hydrogen (secondary N) is 1. The number of hydrazone groups is 1. The van der Waals surface area contributed by atoms with Crippen LogP contribution in [-0.4, -0.2) is 42.5 Å². The molecular formula is C20H18F3IN4O2. The second kappa shape index (κ2) is 7.82. The van der Waals surface area contributed by atoms with Crippen LogP contribution in [-0.2, 0) is 24.0 Å². The molecule has 0 atom stereocenters. The van der Waals surface area contributed by atoms with Crippen molar-refractivity contribution in [2.45, 2.75) is 19.1 Å². The molecule has 0 bridgehead atoms. The number of halogens is 4. The van der Waals surface area contributed by atoms with E-state index in [1.54, 1.807) is 0 Å². The van der Waals surface area contributed by atoms with Gasteiger partial charge in [0.25, 0.3) is 5.91 Å². The van der Waals surface area contributed by atoms with Crippen molar-refractivity contribution in [2.24, 2.45) is 5.10 Å². The first-order valence-electron chi connectivity index (χ1n) is 9.13. The summed E-state index contributed by atoms with van der Waals surface area (Å²) in [6.45, 7) is 1.75. The van der Waals surface area contributed by atoms with Crippen molar-refractivity contribution >= 4 is 40.0 Å². The number of hydroxylamine groups is 1. The number of hydrogen-bond donors (Lipinski definition) is 1. The molecule has 0 spiro atoms. The maximum Gasteiger partial charge on any atom is 0.416 e. The van der Waals surface area contributed by atoms with E-state index in [2.05, 4.69) is 37.9 Å². The van der Waals surface area contributed by atoms with Crippen LogP contribution in [0.5, 0.6) is 0 Å². The molecule has 2 aromatic rings. The van der Waals surface area contributed by atoms with Gasteiger partial charge < -0.3 is 10.2 Å². The summed E-state index contributed by atoms with van der Waals surface area (Å²) < 4.78 is 40.5. The number of amides is 1. The van der Waals surface area contributed by atoms with Gasteiger partial charge in [-0.05, 0) is 77.5 Å². The third-order valence-corrected chi connectivity index (χ3v) is 6.02. The zero-order valence-electron chi connectivity index (χ0n) is 16.2. The molecule has 0 aromatic heterocycles. The topological polar surface area (TPSA) is 56.9 Å². The van der Waals surface area contributed by atoms with Crippen molar-refractivity contribution in [3.63, 3.8) is 0 Å². The number of amidine groups is 1. The largest absolute Gasteiger partial charge is 0.416 e. The van der Waals surface area contributed by atoms with Crippen molar-refractivity contribution < 1.29 is 22.8 Å². The molecule has 2 aliphatic heterocycles. The Hall–Kier alpha value is -2.18. The number of benzene rings is 2. The molecule has 10 heteroatoms. The first-order valence-corrected chi connectivity index (χ1v) is 10.2. The van der Waals surface area contributed by atoms with E-state index in [0.29, 0.717) is 5.69 Å². The van der Waals surface area contributed by atoms with E-state index in [1.807, 2.05) is 19.2 Å². The van der Waals surface area contributed by atoms with Crippen LogP contribution in [0.4, 0.5) is 18.9 Å². The zero-order valence-corrected chi connectivity index (χ0v) is 18.3. The lowest BCUT2D eigenvalue weighted by Crippen LogP contribution is -2.27. The number of carbonyl (C=O) groups excluding carboxylic acids is 1. The van der Waals surface area contributed by atoms with E-state index in [1.165, 1.54) is 18.7 Å². The maximum atomic E-state index is 13.2. The number of fused-ring (bicyclic) bond motifs is 1. The van der Waals surface area contributed by atoms with Gasteiger partial charge in [-0.25, -0.2) is 0 Å². The molecule has 1 N–H and O–H groups in total. The van der Waals surface area contributed by atoms with Gasteiger partial charge in [-0.15, -0.1) is 10.3 Å². The highest BCUT2D eigenvalue weighted by Crippen LogP contribution is 2.33. The summed E-state index contributed by atoms with van der Waals surface area (Å²) >= 11 is 2.25. The first-order chi connectivity index (χ1) is 14.2. The summed E-state index contributed by atoms with van der Waals surface area (Å²) in [6, 6.07) is 6.77. The van der Waals surface area contributed by atoms with Gasteiger partial charge in [0.2, 0.25) is 5.84 Å². The molecule has 158 valence electrons. The summed E-state index contributed by atoms with van der Waals surface area (Å²) in [5.74, 6) is -0.334. The molecule has 0 radical (unpaired) electrons. The molecule has 0 saturated heterocycles. The number of rotatable bonds is 4. The van der Waals surface area contributed by atoms with Crippen molar-refractivity contribution in [1.82, 2.24) is 10.1 Å². The van der Waals surface area contributed by atoms with Gasteiger partial charge in [-0.3, -0.25) is 9.63 Å². The van der Waals surface area contributed by atoms with Crippen molar-refractivity contribution in [3.8, 4) is 0 Å². The van der Waals surface area contributed by atoms with Gasteiger partial charge in [0.1, 0.15) is 0 Å². The second-order valence-electron chi connectivity index (χ2n) is 7.17. The lowest BCUT2D eigenvalue weighted by Gasteiger charge is -2.26. The molecule has 0 saturated carbocycles. The van der Waals surface area contributed by atoms with Gasteiger partial charge in [0.15, 0.2) is 0 Å². The Labute approximate surface area is 184 Å². The first kappa shape index (κ1) is 21.1. The number of likely N-dealkylation sites (N-methyl/N-ethyl adjacent to an activating group) is 1. The van der Waals surface area contributed by atoms with Crippen LogP contribution in [0.15, 0.2) is 35.4 Å². The SMILES string of the molecule is CON1N=C1c1cc(C(F)(F)F)ccc1C(=O)Nc1cc(I)c2c(c1)CN(C)CC2. The minimum absolute atomic E-state index is 0.0663. The average molecular weight is 530 g/mol. The van der Waals surface area contributed by atoms with E-state index >= 15 is 0 Å². The molecule has 2 heterocycles. The summed E-state index contributed by atoms with van der Waals surface area (Å²) in [7, 11) is 3.38. The normalized spacial score (nSPS) is 16.2. The Morgan fingerprint density at radius 2 is 2.03 bits per heavy atom. The monoisotopic (exact) mass is 530 g/mol. The van der Waals surface area contributed by atoms with Crippen molar-refractivity contribution in [3.05, 3.63) is 61.7 Å². The molecule has 0 unspecified atom stereocenters. The average Bonchev–Trinajstić information content (AvgIpc) is 3.46. The Kier molecular flexibility index (Phi) is 5.49. The molecule has 0 fully saturated rings. The predicted molar refractivity (Wildman–Crippen MR) is 114 cm³/mol. The fourth-order valence-corrected chi connectivity index (χ4v) is 4.46. The summed E-state index contributed by atoms with van der Waals surface area (Å²) in [5, 5.41) is 7.76. The van der Waals surface area contributed by atoms with Gasteiger partial charge in [0, 0.05) is 27.9 Å². The standard InChI is InChI=1S/C20H18F3IN4O2/c1-27-6-5-14-11(10-27)7-13(9-17(14)24)25-19(29)15-4-3-12(20(21,22)23)8-16(15)18-26-28(18)30-2/h3-4,7-9H,5-6,10H2,1-2H3,(H,25,29). The molecule has 4 rings (SSSR count). The molecule has 30 heavy (non-hydrogen) atoms. The van der Waals surface area contributed by atoms with Gasteiger partial charge in [-0.1, -0.05) is 0 Å². The molecule has 0 aliphatic carbocycles. The number of anilines is 1. The molecule has 2 aliphatic rings. The van der Waals surface area contributed by atoms with E-state index < -0.39 is 17.6 Å².